The number of hydrogen-bond donors (Lipinski definition) is 0. The lowest BCUT2D eigenvalue weighted by Crippen LogP contribution is -1.77. The van der Waals surface area contributed by atoms with Gasteiger partial charge in [0.05, 0.1) is 0 Å². The zero-order valence-corrected chi connectivity index (χ0v) is 11.6. The van der Waals surface area contributed by atoms with Crippen molar-refractivity contribution in [2.75, 3.05) is 0 Å². The molecule has 0 bridgehead atoms. The van der Waals surface area contributed by atoms with Crippen LogP contribution in [0.1, 0.15) is 32.1 Å². The van der Waals surface area contributed by atoms with Gasteiger partial charge >= 0.3 is 0 Å². The van der Waals surface area contributed by atoms with Crippen LogP contribution in [0.2, 0.25) is 0 Å². The van der Waals surface area contributed by atoms with E-state index in [4.69, 9.17) is 4.42 Å². The van der Waals surface area contributed by atoms with Gasteiger partial charge in [0.15, 0.2) is 0 Å². The minimum absolute atomic E-state index is 0.896. The molecule has 0 aliphatic carbocycles. The molecule has 0 saturated carbocycles. The van der Waals surface area contributed by atoms with Crippen molar-refractivity contribution in [1.29, 1.82) is 0 Å². The van der Waals surface area contributed by atoms with E-state index >= 15 is 0 Å². The Labute approximate surface area is 105 Å². The summed E-state index contributed by atoms with van der Waals surface area (Å²) < 4.78 is 6.77. The Morgan fingerprint density at radius 3 is 2.62 bits per heavy atom. The molecule has 0 saturated heterocycles. The molecule has 2 heteroatoms. The molecular weight excluding hydrogens is 264 g/mol. The van der Waals surface area contributed by atoms with Crippen molar-refractivity contribution in [2.24, 2.45) is 0 Å². The zero-order valence-electron chi connectivity index (χ0n) is 10.0. The predicted molar refractivity (Wildman–Crippen MR) is 74.7 cm³/mol. The summed E-state index contributed by atoms with van der Waals surface area (Å²) in [6.45, 7) is 9.90. The highest BCUT2D eigenvalue weighted by atomic mass is 79.9. The lowest BCUT2D eigenvalue weighted by Gasteiger charge is -1.92. The van der Waals surface area contributed by atoms with Crippen molar-refractivity contribution in [3.8, 4) is 0 Å². The van der Waals surface area contributed by atoms with Crippen LogP contribution in [0.15, 0.2) is 33.7 Å². The summed E-state index contributed by atoms with van der Waals surface area (Å²) in [6.07, 6.45) is 2.75. The van der Waals surface area contributed by atoms with Crippen LogP contribution in [-0.2, 0) is 6.42 Å². The van der Waals surface area contributed by atoms with Gasteiger partial charge in [0, 0.05) is 21.8 Å². The Balaban J connectivity index is 0.000000606. The van der Waals surface area contributed by atoms with Crippen LogP contribution >= 0.6 is 15.9 Å². The van der Waals surface area contributed by atoms with E-state index in [1.54, 1.807) is 0 Å². The molecule has 2 rings (SSSR count). The minimum Gasteiger partial charge on any atom is -0.460 e. The van der Waals surface area contributed by atoms with Gasteiger partial charge in [0.2, 0.25) is 0 Å². The molecule has 1 nitrogen and oxygen atoms in total. The second-order valence-corrected chi connectivity index (χ2v) is 4.05. The third kappa shape index (κ3) is 2.38. The quantitative estimate of drug-likeness (QED) is 0.715. The number of hydrogen-bond acceptors (Lipinski definition) is 1. The van der Waals surface area contributed by atoms with Gasteiger partial charge in [-0.3, -0.25) is 0 Å². The van der Waals surface area contributed by atoms with Gasteiger partial charge in [-0.25, -0.2) is 0 Å². The number of fused-ring (bicyclic) bond motifs is 1. The average Bonchev–Trinajstić information content (AvgIpc) is 2.68. The van der Waals surface area contributed by atoms with E-state index in [9.17, 15) is 0 Å². The first kappa shape index (κ1) is 13.0. The molecule has 0 atom stereocenters. The lowest BCUT2D eigenvalue weighted by molar-refractivity contribution is 0.556. The van der Waals surface area contributed by atoms with Crippen molar-refractivity contribution in [1.82, 2.24) is 0 Å². The summed E-state index contributed by atoms with van der Waals surface area (Å²) in [4.78, 5) is 0. The Kier molecular flexibility index (Phi) is 4.81. The van der Waals surface area contributed by atoms with Crippen molar-refractivity contribution >= 4 is 33.0 Å². The highest BCUT2D eigenvalue weighted by Gasteiger charge is 2.09. The molecule has 0 amide bonds. The van der Waals surface area contributed by atoms with Crippen LogP contribution in [0.4, 0.5) is 0 Å². The summed E-state index contributed by atoms with van der Waals surface area (Å²) in [6, 6.07) is 6.03. The lowest BCUT2D eigenvalue weighted by atomic mass is 10.1. The molecule has 1 aromatic heterocycles. The first-order valence-corrected chi connectivity index (χ1v) is 6.39. The van der Waals surface area contributed by atoms with Gasteiger partial charge in [0.25, 0.3) is 0 Å². The summed E-state index contributed by atoms with van der Waals surface area (Å²) in [5.41, 5.74) is 2.05. The van der Waals surface area contributed by atoms with Gasteiger partial charge in [-0.05, 0) is 18.2 Å². The summed E-state index contributed by atoms with van der Waals surface area (Å²) in [5.74, 6) is 1.01. The van der Waals surface area contributed by atoms with Crippen LogP contribution < -0.4 is 0 Å². The van der Waals surface area contributed by atoms with Gasteiger partial charge in [-0.2, -0.15) is 0 Å². The Hall–Kier alpha value is -1.02. The van der Waals surface area contributed by atoms with Gasteiger partial charge < -0.3 is 4.42 Å². The second-order valence-electron chi connectivity index (χ2n) is 3.14. The summed E-state index contributed by atoms with van der Waals surface area (Å²) in [7, 11) is 0. The first-order chi connectivity index (χ1) is 7.76. The van der Waals surface area contributed by atoms with Crippen LogP contribution in [0, 0.1) is 0 Å². The van der Waals surface area contributed by atoms with E-state index in [-0.39, 0.29) is 0 Å². The molecule has 0 N–H and O–H groups in total. The smallest absolute Gasteiger partial charge is 0.134 e. The number of halogens is 1. The average molecular weight is 281 g/mol. The number of rotatable bonds is 2. The fourth-order valence-corrected chi connectivity index (χ4v) is 1.99. The number of aryl methyl sites for hydroxylation is 1. The number of furan rings is 1. The topological polar surface area (TPSA) is 13.1 Å². The van der Waals surface area contributed by atoms with E-state index < -0.39 is 0 Å². The molecule has 0 aliphatic heterocycles. The van der Waals surface area contributed by atoms with Crippen LogP contribution in [0.3, 0.4) is 0 Å². The van der Waals surface area contributed by atoms with Crippen LogP contribution in [0.25, 0.3) is 17.0 Å². The molecular formula is C14H17BrO. The molecule has 0 fully saturated rings. The van der Waals surface area contributed by atoms with E-state index in [0.717, 1.165) is 33.2 Å². The fourth-order valence-electron chi connectivity index (χ4n) is 1.63. The van der Waals surface area contributed by atoms with Crippen molar-refractivity contribution in [3.63, 3.8) is 0 Å². The maximum absolute atomic E-state index is 5.70. The van der Waals surface area contributed by atoms with Gasteiger partial charge in [0.1, 0.15) is 11.3 Å². The summed E-state index contributed by atoms with van der Waals surface area (Å²) >= 11 is 3.45. The predicted octanol–water partition coefficient (Wildman–Crippen LogP) is 5.43. The summed E-state index contributed by atoms with van der Waals surface area (Å²) in [5, 5.41) is 1.13. The SMILES string of the molecule is C=Cc1c(CC)oc2ccc(Br)cc12.CC. The zero-order chi connectivity index (χ0) is 12.1. The second kappa shape index (κ2) is 5.90. The highest BCUT2D eigenvalue weighted by molar-refractivity contribution is 9.10. The molecule has 1 heterocycles. The molecule has 2 aromatic rings. The third-order valence-corrected chi connectivity index (χ3v) is 2.78. The molecule has 0 spiro atoms. The van der Waals surface area contributed by atoms with E-state index in [1.807, 2.05) is 32.1 Å². The van der Waals surface area contributed by atoms with Crippen molar-refractivity contribution < 1.29 is 4.42 Å². The molecule has 16 heavy (non-hydrogen) atoms. The van der Waals surface area contributed by atoms with Crippen LogP contribution in [-0.4, -0.2) is 0 Å². The molecule has 0 unspecified atom stereocenters. The third-order valence-electron chi connectivity index (χ3n) is 2.29. The van der Waals surface area contributed by atoms with E-state index in [1.165, 1.54) is 0 Å². The van der Waals surface area contributed by atoms with Gasteiger partial charge in [-0.1, -0.05) is 49.4 Å². The normalized spacial score (nSPS) is 9.75. The minimum atomic E-state index is 0.896. The van der Waals surface area contributed by atoms with Crippen LogP contribution in [0.5, 0.6) is 0 Å². The molecule has 0 aliphatic rings. The van der Waals surface area contributed by atoms with Crippen molar-refractivity contribution in [2.45, 2.75) is 27.2 Å². The Morgan fingerprint density at radius 2 is 2.06 bits per heavy atom. The Morgan fingerprint density at radius 1 is 1.38 bits per heavy atom. The monoisotopic (exact) mass is 280 g/mol. The van der Waals surface area contributed by atoms with Crippen molar-refractivity contribution in [3.05, 3.63) is 40.6 Å². The number of benzene rings is 1. The maximum Gasteiger partial charge on any atom is 0.134 e. The molecule has 1 aromatic carbocycles. The van der Waals surface area contributed by atoms with Gasteiger partial charge in [-0.15, -0.1) is 0 Å². The van der Waals surface area contributed by atoms with E-state index in [0.29, 0.717) is 0 Å². The largest absolute Gasteiger partial charge is 0.460 e. The maximum atomic E-state index is 5.70. The van der Waals surface area contributed by atoms with E-state index in [2.05, 4.69) is 35.5 Å². The first-order valence-electron chi connectivity index (χ1n) is 5.59. The standard InChI is InChI=1S/C12H11BrO.C2H6/c1-3-9-10-7-8(13)5-6-12(10)14-11(9)4-2;1-2/h3,5-7H,1,4H2,2H3;1-2H3. The molecule has 86 valence electrons. The molecule has 0 radical (unpaired) electrons. The highest BCUT2D eigenvalue weighted by Crippen LogP contribution is 2.29. The Bertz CT molecular complexity index is 483. The fraction of sp³-hybridized carbons (Fsp3) is 0.286.